The predicted octanol–water partition coefficient (Wildman–Crippen LogP) is 5.05. The van der Waals surface area contributed by atoms with Crippen molar-refractivity contribution in [3.63, 3.8) is 0 Å². The van der Waals surface area contributed by atoms with Gasteiger partial charge in [0.1, 0.15) is 5.82 Å². The molecule has 2 aromatic rings. The minimum Gasteiger partial charge on any atom is -0.306 e. The van der Waals surface area contributed by atoms with Crippen LogP contribution in [-0.2, 0) is 0 Å². The smallest absolute Gasteiger partial charge is 0.128 e. The first-order chi connectivity index (χ1) is 9.11. The van der Waals surface area contributed by atoms with Crippen molar-refractivity contribution in [3.05, 3.63) is 68.4 Å². The van der Waals surface area contributed by atoms with E-state index < -0.39 is 0 Å². The second kappa shape index (κ2) is 6.64. The van der Waals surface area contributed by atoms with Gasteiger partial charge in [-0.3, -0.25) is 0 Å². The third-order valence-corrected chi connectivity index (χ3v) is 3.90. The van der Waals surface area contributed by atoms with E-state index in [4.69, 9.17) is 0 Å². The lowest BCUT2D eigenvalue weighted by Crippen LogP contribution is -2.23. The van der Waals surface area contributed by atoms with Gasteiger partial charge in [-0.2, -0.15) is 0 Å². The van der Waals surface area contributed by atoms with Crippen LogP contribution in [0.5, 0.6) is 0 Å². The van der Waals surface area contributed by atoms with Crippen molar-refractivity contribution in [1.82, 2.24) is 5.32 Å². The molecule has 100 valence electrons. The summed E-state index contributed by atoms with van der Waals surface area (Å²) in [5.74, 6) is -0.197. The molecule has 0 saturated heterocycles. The molecule has 0 fully saturated rings. The monoisotopic (exact) mass is 385 g/mol. The van der Waals surface area contributed by atoms with Crippen LogP contribution in [0, 0.1) is 5.82 Å². The fraction of sp³-hybridized carbons (Fsp3) is 0.200. The summed E-state index contributed by atoms with van der Waals surface area (Å²) in [7, 11) is 0. The van der Waals surface area contributed by atoms with Crippen LogP contribution >= 0.6 is 31.9 Å². The highest BCUT2D eigenvalue weighted by atomic mass is 79.9. The Morgan fingerprint density at radius 2 is 1.68 bits per heavy atom. The quantitative estimate of drug-likeness (QED) is 0.775. The van der Waals surface area contributed by atoms with E-state index >= 15 is 0 Å². The zero-order valence-electron chi connectivity index (χ0n) is 10.5. The highest BCUT2D eigenvalue weighted by Gasteiger charge is 2.17. The molecule has 4 heteroatoms. The summed E-state index contributed by atoms with van der Waals surface area (Å²) in [6, 6.07) is 12.8. The van der Waals surface area contributed by atoms with Crippen LogP contribution < -0.4 is 5.32 Å². The van der Waals surface area contributed by atoms with Gasteiger partial charge in [0, 0.05) is 14.5 Å². The first-order valence-electron chi connectivity index (χ1n) is 6.05. The van der Waals surface area contributed by atoms with Crippen molar-refractivity contribution in [2.75, 3.05) is 6.54 Å². The van der Waals surface area contributed by atoms with Crippen molar-refractivity contribution in [1.29, 1.82) is 0 Å². The fourth-order valence-electron chi connectivity index (χ4n) is 2.00. The van der Waals surface area contributed by atoms with Gasteiger partial charge < -0.3 is 5.32 Å². The molecule has 0 aromatic heterocycles. The summed E-state index contributed by atoms with van der Waals surface area (Å²) < 4.78 is 15.9. The van der Waals surface area contributed by atoms with Gasteiger partial charge in [0.2, 0.25) is 0 Å². The number of nitrogens with one attached hydrogen (secondary N) is 1. The van der Waals surface area contributed by atoms with E-state index in [0.29, 0.717) is 5.56 Å². The molecular weight excluding hydrogens is 373 g/mol. The van der Waals surface area contributed by atoms with Crippen LogP contribution in [-0.4, -0.2) is 6.54 Å². The Morgan fingerprint density at radius 3 is 2.32 bits per heavy atom. The standard InChI is InChI=1S/C15H14Br2FN/c1-2-19-15(10-3-5-11(16)6-4-10)13-9-12(17)7-8-14(13)18/h3-9,15,19H,2H2,1H3. The Labute approximate surface area is 129 Å². The van der Waals surface area contributed by atoms with Gasteiger partial charge in [-0.05, 0) is 42.4 Å². The predicted molar refractivity (Wildman–Crippen MR) is 83.8 cm³/mol. The zero-order chi connectivity index (χ0) is 13.8. The van der Waals surface area contributed by atoms with Gasteiger partial charge in [0.05, 0.1) is 6.04 Å². The van der Waals surface area contributed by atoms with Gasteiger partial charge in [0.25, 0.3) is 0 Å². The molecule has 1 N–H and O–H groups in total. The highest BCUT2D eigenvalue weighted by Crippen LogP contribution is 2.28. The van der Waals surface area contributed by atoms with Crippen molar-refractivity contribution >= 4 is 31.9 Å². The van der Waals surface area contributed by atoms with E-state index in [1.807, 2.05) is 37.3 Å². The average Bonchev–Trinajstić information content (AvgIpc) is 2.40. The number of rotatable bonds is 4. The van der Waals surface area contributed by atoms with Crippen molar-refractivity contribution < 1.29 is 4.39 Å². The topological polar surface area (TPSA) is 12.0 Å². The fourth-order valence-corrected chi connectivity index (χ4v) is 2.65. The molecule has 2 aromatic carbocycles. The van der Waals surface area contributed by atoms with Gasteiger partial charge in [-0.25, -0.2) is 4.39 Å². The highest BCUT2D eigenvalue weighted by molar-refractivity contribution is 9.10. The summed E-state index contributed by atoms with van der Waals surface area (Å²) in [5.41, 5.74) is 1.69. The first-order valence-corrected chi connectivity index (χ1v) is 7.64. The van der Waals surface area contributed by atoms with Crippen molar-refractivity contribution in [2.24, 2.45) is 0 Å². The van der Waals surface area contributed by atoms with Crippen molar-refractivity contribution in [2.45, 2.75) is 13.0 Å². The number of hydrogen-bond acceptors (Lipinski definition) is 1. The number of halogens is 3. The van der Waals surface area contributed by atoms with Crippen LogP contribution in [0.1, 0.15) is 24.1 Å². The SMILES string of the molecule is CCNC(c1ccc(Br)cc1)c1cc(Br)ccc1F. The van der Waals surface area contributed by atoms with Crippen molar-refractivity contribution in [3.8, 4) is 0 Å². The Balaban J connectivity index is 2.44. The van der Waals surface area contributed by atoms with Crippen LogP contribution in [0.2, 0.25) is 0 Å². The Morgan fingerprint density at radius 1 is 1.05 bits per heavy atom. The van der Waals surface area contributed by atoms with Gasteiger partial charge in [0.15, 0.2) is 0 Å². The second-order valence-electron chi connectivity index (χ2n) is 4.21. The molecule has 0 amide bonds. The first kappa shape index (κ1) is 14.7. The molecule has 0 heterocycles. The average molecular weight is 387 g/mol. The summed E-state index contributed by atoms with van der Waals surface area (Å²) >= 11 is 6.81. The lowest BCUT2D eigenvalue weighted by Gasteiger charge is -2.20. The molecule has 1 unspecified atom stereocenters. The summed E-state index contributed by atoms with van der Waals surface area (Å²) in [6.45, 7) is 2.79. The summed E-state index contributed by atoms with van der Waals surface area (Å²) in [4.78, 5) is 0. The molecule has 0 bridgehead atoms. The van der Waals surface area contributed by atoms with E-state index in [-0.39, 0.29) is 11.9 Å². The van der Waals surface area contributed by atoms with E-state index in [9.17, 15) is 4.39 Å². The molecular formula is C15H14Br2FN. The number of benzene rings is 2. The van der Waals surface area contributed by atoms with Crippen LogP contribution in [0.3, 0.4) is 0 Å². The molecule has 0 aliphatic rings. The normalized spacial score (nSPS) is 12.4. The van der Waals surface area contributed by atoms with E-state index in [0.717, 1.165) is 21.1 Å². The third-order valence-electron chi connectivity index (χ3n) is 2.88. The maximum absolute atomic E-state index is 14.0. The van der Waals surface area contributed by atoms with E-state index in [1.165, 1.54) is 6.07 Å². The Hall–Kier alpha value is -0.710. The molecule has 0 radical (unpaired) electrons. The minimum absolute atomic E-state index is 0.143. The Bertz CT molecular complexity index is 555. The van der Waals surface area contributed by atoms with Gasteiger partial charge in [-0.15, -0.1) is 0 Å². The molecule has 1 atom stereocenters. The maximum Gasteiger partial charge on any atom is 0.128 e. The minimum atomic E-state index is -0.197. The van der Waals surface area contributed by atoms with Crippen LogP contribution in [0.15, 0.2) is 51.4 Å². The number of hydrogen-bond donors (Lipinski definition) is 1. The van der Waals surface area contributed by atoms with Gasteiger partial charge >= 0.3 is 0 Å². The molecule has 2 rings (SSSR count). The summed E-state index contributed by atoms with van der Waals surface area (Å²) in [6.07, 6.45) is 0. The lowest BCUT2D eigenvalue weighted by molar-refractivity contribution is 0.558. The van der Waals surface area contributed by atoms with Crippen LogP contribution in [0.4, 0.5) is 4.39 Å². The molecule has 0 saturated carbocycles. The van der Waals surface area contributed by atoms with E-state index in [2.05, 4.69) is 37.2 Å². The molecule has 19 heavy (non-hydrogen) atoms. The van der Waals surface area contributed by atoms with Gasteiger partial charge in [-0.1, -0.05) is 50.9 Å². The molecule has 1 nitrogen and oxygen atoms in total. The maximum atomic E-state index is 14.0. The second-order valence-corrected chi connectivity index (χ2v) is 6.04. The third kappa shape index (κ3) is 3.65. The molecule has 0 aliphatic heterocycles. The largest absolute Gasteiger partial charge is 0.306 e. The van der Waals surface area contributed by atoms with Crippen LogP contribution in [0.25, 0.3) is 0 Å². The molecule has 0 aliphatic carbocycles. The van der Waals surface area contributed by atoms with E-state index in [1.54, 1.807) is 6.07 Å². The molecule has 0 spiro atoms. The Kier molecular flexibility index (Phi) is 5.13. The lowest BCUT2D eigenvalue weighted by atomic mass is 9.98. The summed E-state index contributed by atoms with van der Waals surface area (Å²) in [5, 5.41) is 3.33. The zero-order valence-corrected chi connectivity index (χ0v) is 13.6.